The predicted octanol–water partition coefficient (Wildman–Crippen LogP) is 8.66. The number of carbonyl (C=O) groups excluding carboxylic acids is 1. The molecule has 1 amide bonds. The molecule has 6 rings (SSSR count). The molecule has 4 nitrogen and oxygen atoms in total. The first-order valence-electron chi connectivity index (χ1n) is 13.0. The van der Waals surface area contributed by atoms with Crippen molar-refractivity contribution in [1.82, 2.24) is 5.43 Å². The number of halogens is 1. The molecule has 194 valence electrons. The summed E-state index contributed by atoms with van der Waals surface area (Å²) >= 11 is 6.69. The molecule has 6 aromatic rings. The van der Waals surface area contributed by atoms with E-state index in [1.807, 2.05) is 103 Å². The number of carbonyl (C=O) groups is 1. The Morgan fingerprint density at radius 3 is 1.95 bits per heavy atom. The van der Waals surface area contributed by atoms with Gasteiger partial charge in [0.05, 0.1) is 11.2 Å². The summed E-state index contributed by atoms with van der Waals surface area (Å²) in [4.78, 5) is 12.8. The van der Waals surface area contributed by atoms with Crippen molar-refractivity contribution < 1.29 is 9.53 Å². The number of para-hydroxylation sites is 1. The summed E-state index contributed by atoms with van der Waals surface area (Å²) < 4.78 is 6.14. The van der Waals surface area contributed by atoms with Gasteiger partial charge < -0.3 is 4.74 Å². The van der Waals surface area contributed by atoms with E-state index in [1.165, 1.54) is 0 Å². The van der Waals surface area contributed by atoms with Gasteiger partial charge in [-0.1, -0.05) is 121 Å². The van der Waals surface area contributed by atoms with Gasteiger partial charge in [0, 0.05) is 27.5 Å². The van der Waals surface area contributed by atoms with Crippen molar-refractivity contribution in [3.05, 3.63) is 149 Å². The number of amides is 1. The summed E-state index contributed by atoms with van der Waals surface area (Å²) in [7, 11) is 0. The van der Waals surface area contributed by atoms with Crippen molar-refractivity contribution in [3.63, 3.8) is 0 Å². The molecule has 0 aliphatic rings. The molecule has 40 heavy (non-hydrogen) atoms. The summed E-state index contributed by atoms with van der Waals surface area (Å²) in [5, 5.41) is 8.84. The van der Waals surface area contributed by atoms with Crippen LogP contribution in [0.3, 0.4) is 0 Å². The molecule has 0 saturated carbocycles. The number of nitrogens with one attached hydrogen (secondary N) is 1. The van der Waals surface area contributed by atoms with Crippen LogP contribution in [0.4, 0.5) is 0 Å². The summed E-state index contributed by atoms with van der Waals surface area (Å²) in [6.07, 6.45) is 1.69. The smallest absolute Gasteiger partial charge is 0.271 e. The van der Waals surface area contributed by atoms with Gasteiger partial charge in [-0.3, -0.25) is 4.79 Å². The molecule has 6 aromatic carbocycles. The Labute approximate surface area is 237 Å². The van der Waals surface area contributed by atoms with Crippen molar-refractivity contribution in [2.45, 2.75) is 6.61 Å². The Balaban J connectivity index is 1.15. The molecule has 0 bridgehead atoms. The van der Waals surface area contributed by atoms with Gasteiger partial charge in [0.25, 0.3) is 5.91 Å². The molecule has 5 heteroatoms. The van der Waals surface area contributed by atoms with Gasteiger partial charge in [-0.05, 0) is 40.1 Å². The van der Waals surface area contributed by atoms with Crippen LogP contribution in [-0.4, -0.2) is 12.1 Å². The first-order chi connectivity index (χ1) is 19.7. The van der Waals surface area contributed by atoms with E-state index in [9.17, 15) is 4.79 Å². The van der Waals surface area contributed by atoms with Crippen molar-refractivity contribution >= 4 is 45.3 Å². The van der Waals surface area contributed by atoms with Crippen molar-refractivity contribution in [2.24, 2.45) is 5.10 Å². The van der Waals surface area contributed by atoms with E-state index < -0.39 is 0 Å². The summed E-state index contributed by atoms with van der Waals surface area (Å²) in [6.45, 7) is 0.389. The highest BCUT2D eigenvalue weighted by Crippen LogP contribution is 2.35. The van der Waals surface area contributed by atoms with Gasteiger partial charge in [0.1, 0.15) is 12.4 Å². The molecule has 0 aliphatic heterocycles. The largest absolute Gasteiger partial charge is 0.488 e. The maximum Gasteiger partial charge on any atom is 0.271 e. The van der Waals surface area contributed by atoms with Crippen LogP contribution in [0.25, 0.3) is 32.7 Å². The Kier molecular flexibility index (Phi) is 7.25. The average molecular weight is 541 g/mol. The SMILES string of the molecule is O=C(N/N=C/c1c2ccccc2c(Cl)c2ccccc12)c1ccc(COc2ccccc2-c2ccccc2)cc1. The monoisotopic (exact) mass is 540 g/mol. The first-order valence-corrected chi connectivity index (χ1v) is 13.4. The third-order valence-corrected chi connectivity index (χ3v) is 7.26. The summed E-state index contributed by atoms with van der Waals surface area (Å²) in [6, 6.07) is 41.3. The van der Waals surface area contributed by atoms with E-state index in [-0.39, 0.29) is 5.91 Å². The van der Waals surface area contributed by atoms with E-state index in [1.54, 1.807) is 18.3 Å². The Morgan fingerprint density at radius 2 is 1.27 bits per heavy atom. The van der Waals surface area contributed by atoms with Crippen LogP contribution in [-0.2, 0) is 6.61 Å². The molecule has 0 atom stereocenters. The first kappa shape index (κ1) is 25.4. The average Bonchev–Trinajstić information content (AvgIpc) is 3.02. The topological polar surface area (TPSA) is 50.7 Å². The number of rotatable bonds is 7. The van der Waals surface area contributed by atoms with Crippen LogP contribution in [0.5, 0.6) is 5.75 Å². The number of hydrogen-bond acceptors (Lipinski definition) is 3. The normalized spacial score (nSPS) is 11.2. The second-order valence-electron chi connectivity index (χ2n) is 9.37. The van der Waals surface area contributed by atoms with Crippen LogP contribution in [0.1, 0.15) is 21.5 Å². The number of ether oxygens (including phenoxy) is 1. The highest BCUT2D eigenvalue weighted by Gasteiger charge is 2.12. The van der Waals surface area contributed by atoms with Crippen LogP contribution in [0, 0.1) is 0 Å². The lowest BCUT2D eigenvalue weighted by atomic mass is 9.97. The van der Waals surface area contributed by atoms with Gasteiger partial charge in [-0.2, -0.15) is 5.10 Å². The van der Waals surface area contributed by atoms with E-state index in [2.05, 4.69) is 22.7 Å². The highest BCUT2D eigenvalue weighted by molar-refractivity contribution is 6.42. The summed E-state index contributed by atoms with van der Waals surface area (Å²) in [5.41, 5.74) is 7.18. The van der Waals surface area contributed by atoms with Crippen LogP contribution >= 0.6 is 11.6 Å². The van der Waals surface area contributed by atoms with Crippen molar-refractivity contribution in [3.8, 4) is 16.9 Å². The lowest BCUT2D eigenvalue weighted by Crippen LogP contribution is -2.17. The van der Waals surface area contributed by atoms with Crippen LogP contribution < -0.4 is 10.2 Å². The summed E-state index contributed by atoms with van der Waals surface area (Å²) in [5.74, 6) is 0.521. The van der Waals surface area contributed by atoms with E-state index in [0.29, 0.717) is 17.2 Å². The molecule has 0 aromatic heterocycles. The van der Waals surface area contributed by atoms with Crippen LogP contribution in [0.2, 0.25) is 5.02 Å². The Hall–Kier alpha value is -4.93. The molecule has 0 fully saturated rings. The maximum atomic E-state index is 12.8. The van der Waals surface area contributed by atoms with E-state index in [0.717, 1.165) is 49.5 Å². The zero-order valence-corrected chi connectivity index (χ0v) is 22.3. The molecule has 1 N–H and O–H groups in total. The standard InChI is InChI=1S/C35H25ClN2O2/c36-34-30-15-6-4-13-28(30)32(29-14-5-7-16-31(29)34)22-37-38-35(39)26-20-18-24(19-21-26)23-40-33-17-9-8-12-27(33)25-10-2-1-3-11-25/h1-22H,23H2,(H,38,39)/b37-22+. The fourth-order valence-electron chi connectivity index (χ4n) is 4.83. The van der Waals surface area contributed by atoms with Crippen LogP contribution in [0.15, 0.2) is 132 Å². The maximum absolute atomic E-state index is 12.8. The number of fused-ring (bicyclic) bond motifs is 2. The molecule has 0 saturated heterocycles. The number of benzene rings is 6. The molecule has 0 radical (unpaired) electrons. The minimum atomic E-state index is -0.291. The predicted molar refractivity (Wildman–Crippen MR) is 164 cm³/mol. The molecular weight excluding hydrogens is 516 g/mol. The lowest BCUT2D eigenvalue weighted by Gasteiger charge is -2.12. The number of hydrogen-bond donors (Lipinski definition) is 1. The number of hydrazone groups is 1. The molecule has 0 aliphatic carbocycles. The van der Waals surface area contributed by atoms with Gasteiger partial charge in [0.2, 0.25) is 0 Å². The van der Waals surface area contributed by atoms with E-state index >= 15 is 0 Å². The third-order valence-electron chi connectivity index (χ3n) is 6.85. The minimum Gasteiger partial charge on any atom is -0.488 e. The van der Waals surface area contributed by atoms with Gasteiger partial charge in [0.15, 0.2) is 0 Å². The molecule has 0 heterocycles. The molecular formula is C35H25ClN2O2. The van der Waals surface area contributed by atoms with Gasteiger partial charge >= 0.3 is 0 Å². The lowest BCUT2D eigenvalue weighted by molar-refractivity contribution is 0.0955. The van der Waals surface area contributed by atoms with E-state index in [4.69, 9.17) is 16.3 Å². The molecule has 0 spiro atoms. The quantitative estimate of drug-likeness (QED) is 0.125. The number of nitrogens with zero attached hydrogens (tertiary/aromatic N) is 1. The minimum absolute atomic E-state index is 0.291. The van der Waals surface area contributed by atoms with Gasteiger partial charge in [-0.25, -0.2) is 5.43 Å². The van der Waals surface area contributed by atoms with Gasteiger partial charge in [-0.15, -0.1) is 0 Å². The zero-order chi connectivity index (χ0) is 27.3. The fraction of sp³-hybridized carbons (Fsp3) is 0.0286. The zero-order valence-electron chi connectivity index (χ0n) is 21.6. The third kappa shape index (κ3) is 5.18. The van der Waals surface area contributed by atoms with Crippen molar-refractivity contribution in [1.29, 1.82) is 0 Å². The fourth-order valence-corrected chi connectivity index (χ4v) is 5.16. The van der Waals surface area contributed by atoms with Crippen molar-refractivity contribution in [2.75, 3.05) is 0 Å². The molecule has 0 unspecified atom stereocenters. The second-order valence-corrected chi connectivity index (χ2v) is 9.74. The second kappa shape index (κ2) is 11.4. The Morgan fingerprint density at radius 1 is 0.700 bits per heavy atom. The Bertz CT molecular complexity index is 1790. The highest BCUT2D eigenvalue weighted by atomic mass is 35.5.